The van der Waals surface area contributed by atoms with E-state index >= 15 is 0 Å². The third-order valence-electron chi connectivity index (χ3n) is 5.96. The van der Waals surface area contributed by atoms with Crippen LogP contribution in [0.5, 0.6) is 0 Å². The van der Waals surface area contributed by atoms with Crippen molar-refractivity contribution in [3.63, 3.8) is 0 Å². The SMILES string of the molecule is ClC(Cl)Cl.[Se]=[P@@]1(c2ccccc2)[Se][Se]C(C2=C(c3ccccc3)[P@](=[Se])(c3ccccc3)[Se][Se]2)=C1c1ccccc1. The third kappa shape index (κ3) is 7.19. The fourth-order valence-electron chi connectivity index (χ4n) is 4.28. The molecule has 0 bridgehead atoms. The fourth-order valence-corrected chi connectivity index (χ4v) is 69.6. The van der Waals surface area contributed by atoms with E-state index in [1.54, 1.807) is 19.6 Å². The molecule has 11 heteroatoms. The summed E-state index contributed by atoms with van der Waals surface area (Å²) in [5.41, 5.74) is 2.87. The first-order chi connectivity index (χ1) is 19.3. The molecule has 2 aliphatic heterocycles. The van der Waals surface area contributed by atoms with Crippen molar-refractivity contribution in [3.8, 4) is 0 Å². The van der Waals surface area contributed by atoms with E-state index in [-0.39, 0.29) is 0 Å². The number of benzene rings is 4. The van der Waals surface area contributed by atoms with Crippen LogP contribution in [-0.4, -0.2) is 86.1 Å². The molecule has 40 heavy (non-hydrogen) atoms. The average Bonchev–Trinajstić information content (AvgIpc) is 3.53. The molecule has 2 heterocycles. The summed E-state index contributed by atoms with van der Waals surface area (Å²) in [6.45, 7) is 0. The van der Waals surface area contributed by atoms with E-state index in [0.29, 0.717) is 51.6 Å². The Labute approximate surface area is 288 Å². The standard InChI is InChI=1S/C28H20P2Se6.CHCl3/c31-29(23-17-9-3-10-18-23)25(21-13-5-1-6-14-21)27(33-35-29)28-26(22-15-7-2-8-16-22)30(32,36-34-28)24-19-11-4-12-20-24;2-1(3)4/h1-20H;1H/t29-,30-;/m0./s1. The van der Waals surface area contributed by atoms with Gasteiger partial charge in [0.15, 0.2) is 4.30 Å². The topological polar surface area (TPSA) is 0 Å². The van der Waals surface area contributed by atoms with Crippen LogP contribution >= 0.6 is 43.2 Å². The molecule has 2 atom stereocenters. The molecular formula is C29H21Cl3P2Se6. The van der Waals surface area contributed by atoms with Crippen LogP contribution in [0.4, 0.5) is 0 Å². The molecule has 4 aromatic rings. The first kappa shape index (κ1) is 32.6. The van der Waals surface area contributed by atoms with E-state index < -0.39 is 12.7 Å². The Hall–Kier alpha value is 1.21. The van der Waals surface area contributed by atoms with Crippen molar-refractivity contribution in [2.24, 2.45) is 0 Å². The molecular weight excluding hydrogens is 990 g/mol. The molecule has 0 fully saturated rings. The molecule has 0 spiro atoms. The zero-order chi connectivity index (χ0) is 28.2. The zero-order valence-corrected chi connectivity index (χ0v) is 34.9. The summed E-state index contributed by atoms with van der Waals surface area (Å²) in [6.07, 6.45) is 0. The quantitative estimate of drug-likeness (QED) is 0.114. The van der Waals surface area contributed by atoms with Gasteiger partial charge in [0.05, 0.1) is 0 Å². The molecule has 4 aromatic carbocycles. The van der Waals surface area contributed by atoms with Crippen LogP contribution < -0.4 is 10.6 Å². The van der Waals surface area contributed by atoms with E-state index in [2.05, 4.69) is 152 Å². The molecule has 0 unspecified atom stereocenters. The second kappa shape index (κ2) is 15.0. The summed E-state index contributed by atoms with van der Waals surface area (Å²) in [5.74, 6) is 0. The molecule has 0 aromatic heterocycles. The molecule has 6 rings (SSSR count). The predicted molar refractivity (Wildman–Crippen MR) is 189 cm³/mol. The third-order valence-corrected chi connectivity index (χ3v) is 70.8. The summed E-state index contributed by atoms with van der Waals surface area (Å²) in [4.78, 5) is 0. The van der Waals surface area contributed by atoms with Crippen molar-refractivity contribution < 1.29 is 0 Å². The first-order valence-electron chi connectivity index (χ1n) is 11.9. The minimum absolute atomic E-state index is 0.520. The van der Waals surface area contributed by atoms with Crippen molar-refractivity contribution in [3.05, 3.63) is 141 Å². The summed E-state index contributed by atoms with van der Waals surface area (Å²) in [5, 5.41) is 6.39. The van der Waals surface area contributed by atoms with E-state index in [9.17, 15) is 0 Å². The Morgan fingerprint density at radius 2 is 0.750 bits per heavy atom. The first-order valence-corrected chi connectivity index (χ1v) is 36.0. The van der Waals surface area contributed by atoms with Crippen LogP contribution in [0.15, 0.2) is 130 Å². The Bertz CT molecular complexity index is 1510. The maximum absolute atomic E-state index is 4.81. The van der Waals surface area contributed by atoms with Gasteiger partial charge in [-0.25, -0.2) is 0 Å². The predicted octanol–water partition coefficient (Wildman–Crippen LogP) is 7.07. The van der Waals surface area contributed by atoms with Crippen LogP contribution in [-0.2, 0) is 0 Å². The van der Waals surface area contributed by atoms with Gasteiger partial charge in [0, 0.05) is 0 Å². The molecule has 204 valence electrons. The minimum atomic E-state index is -1.52. The number of alkyl halides is 3. The van der Waals surface area contributed by atoms with Gasteiger partial charge in [-0.15, -0.1) is 0 Å². The van der Waals surface area contributed by atoms with Gasteiger partial charge in [-0.05, 0) is 0 Å². The van der Waals surface area contributed by atoms with Gasteiger partial charge in [-0.1, -0.05) is 34.8 Å². The van der Waals surface area contributed by atoms with E-state index in [0.717, 1.165) is 0 Å². The van der Waals surface area contributed by atoms with Crippen LogP contribution in [0.3, 0.4) is 0 Å². The number of hydrogen-bond donors (Lipinski definition) is 0. The Morgan fingerprint density at radius 3 is 1.05 bits per heavy atom. The van der Waals surface area contributed by atoms with Crippen LogP contribution in [0.2, 0.25) is 0 Å². The Kier molecular flexibility index (Phi) is 12.2. The molecule has 0 saturated carbocycles. The summed E-state index contributed by atoms with van der Waals surface area (Å²) >= 11 is 24.3. The van der Waals surface area contributed by atoms with Crippen LogP contribution in [0.25, 0.3) is 10.6 Å². The van der Waals surface area contributed by atoms with Crippen LogP contribution in [0.1, 0.15) is 11.1 Å². The molecule has 0 nitrogen and oxygen atoms in total. The van der Waals surface area contributed by atoms with Crippen LogP contribution in [0, 0.1) is 0 Å². The van der Waals surface area contributed by atoms with Gasteiger partial charge in [0.2, 0.25) is 0 Å². The molecule has 0 radical (unpaired) electrons. The van der Waals surface area contributed by atoms with Crippen molar-refractivity contribution in [1.29, 1.82) is 0 Å². The summed E-state index contributed by atoms with van der Waals surface area (Å²) < 4.78 is -0.311. The second-order valence-electron chi connectivity index (χ2n) is 8.42. The Morgan fingerprint density at radius 1 is 0.475 bits per heavy atom. The number of hydrogen-bond acceptors (Lipinski definition) is 0. The van der Waals surface area contributed by atoms with E-state index in [4.69, 9.17) is 34.8 Å². The summed E-state index contributed by atoms with van der Waals surface area (Å²) in [7, 11) is 0. The average molecular weight is 1010 g/mol. The summed E-state index contributed by atoms with van der Waals surface area (Å²) in [6, 6.07) is 45.3. The maximum atomic E-state index is 4.81. The van der Waals surface area contributed by atoms with Gasteiger partial charge in [-0.2, -0.15) is 0 Å². The fraction of sp³-hybridized carbons (Fsp3) is 0.0345. The molecule has 0 N–H and O–H groups in total. The van der Waals surface area contributed by atoms with Gasteiger partial charge in [0.1, 0.15) is 0 Å². The Balaban J connectivity index is 0.000000758. The molecule has 0 aliphatic carbocycles. The normalized spacial score (nSPS) is 22.4. The van der Waals surface area contributed by atoms with E-state index in [1.807, 2.05) is 0 Å². The number of allylic oxidation sites excluding steroid dienone is 2. The van der Waals surface area contributed by atoms with Gasteiger partial charge < -0.3 is 0 Å². The molecule has 0 amide bonds. The van der Waals surface area contributed by atoms with Gasteiger partial charge >= 0.3 is 253 Å². The van der Waals surface area contributed by atoms with Crippen molar-refractivity contribution in [2.45, 2.75) is 4.30 Å². The molecule has 2 aliphatic rings. The van der Waals surface area contributed by atoms with Crippen molar-refractivity contribution >= 4 is 146 Å². The number of rotatable bonds is 5. The second-order valence-corrected chi connectivity index (χ2v) is 53.3. The van der Waals surface area contributed by atoms with Crippen molar-refractivity contribution in [1.82, 2.24) is 0 Å². The zero-order valence-electron chi connectivity index (χ0n) is 20.6. The molecule has 0 saturated heterocycles. The van der Waals surface area contributed by atoms with Gasteiger partial charge in [0.25, 0.3) is 0 Å². The van der Waals surface area contributed by atoms with E-state index in [1.165, 1.54) is 21.7 Å². The number of halogens is 3. The van der Waals surface area contributed by atoms with Gasteiger partial charge in [-0.3, -0.25) is 0 Å². The van der Waals surface area contributed by atoms with Crippen molar-refractivity contribution in [2.75, 3.05) is 0 Å². The monoisotopic (exact) mass is 1020 g/mol.